The number of carbonyl (C=O) groups excluding carboxylic acids is 2. The van der Waals surface area contributed by atoms with Crippen LogP contribution in [-0.4, -0.2) is 33.0 Å². The van der Waals surface area contributed by atoms with Crippen molar-refractivity contribution in [3.8, 4) is 5.69 Å². The number of amides is 1. The number of hydrogen-bond acceptors (Lipinski definition) is 7. The zero-order valence-electron chi connectivity index (χ0n) is 16.6. The Balaban J connectivity index is 1.74. The number of nitro benzene ring substituents is 1. The molecule has 0 aliphatic carbocycles. The molecule has 0 bridgehead atoms. The van der Waals surface area contributed by atoms with Crippen LogP contribution in [-0.2, 0) is 4.74 Å². The van der Waals surface area contributed by atoms with Gasteiger partial charge < -0.3 is 9.30 Å². The van der Waals surface area contributed by atoms with Gasteiger partial charge in [-0.25, -0.2) is 9.78 Å². The van der Waals surface area contributed by atoms with Gasteiger partial charge in [0, 0.05) is 22.9 Å². The number of aromatic nitrogens is 2. The second-order valence-corrected chi connectivity index (χ2v) is 7.79. The van der Waals surface area contributed by atoms with Crippen LogP contribution in [0.1, 0.15) is 27.9 Å². The van der Waals surface area contributed by atoms with Gasteiger partial charge >= 0.3 is 5.97 Å². The lowest BCUT2D eigenvalue weighted by molar-refractivity contribution is -0.384. The highest BCUT2D eigenvalue weighted by molar-refractivity contribution is 7.14. The maximum Gasteiger partial charge on any atom is 0.357 e. The minimum absolute atomic E-state index is 0.103. The van der Waals surface area contributed by atoms with Crippen molar-refractivity contribution in [1.82, 2.24) is 9.55 Å². The van der Waals surface area contributed by atoms with Gasteiger partial charge in [0.25, 0.3) is 11.6 Å². The fourth-order valence-electron chi connectivity index (χ4n) is 3.16. The molecule has 0 fully saturated rings. The third-order valence-electron chi connectivity index (χ3n) is 4.54. The van der Waals surface area contributed by atoms with E-state index in [0.29, 0.717) is 11.2 Å². The lowest BCUT2D eigenvalue weighted by Crippen LogP contribution is -2.16. The Hall–Kier alpha value is -3.76. The molecule has 32 heavy (non-hydrogen) atoms. The highest BCUT2D eigenvalue weighted by atomic mass is 35.5. The number of nitro groups is 1. The Labute approximate surface area is 190 Å². The molecule has 2 aromatic heterocycles. The minimum Gasteiger partial charge on any atom is -0.461 e. The van der Waals surface area contributed by atoms with Gasteiger partial charge in [-0.05, 0) is 25.1 Å². The summed E-state index contributed by atoms with van der Waals surface area (Å²) in [6.07, 6.45) is 0. The summed E-state index contributed by atoms with van der Waals surface area (Å²) >= 11 is 7.44. The molecule has 0 aliphatic rings. The summed E-state index contributed by atoms with van der Waals surface area (Å²) in [5.74, 6) is -1.06. The Morgan fingerprint density at radius 3 is 2.75 bits per heavy atom. The molecule has 11 heteroatoms. The second-order valence-electron chi connectivity index (χ2n) is 6.53. The predicted molar refractivity (Wildman–Crippen MR) is 121 cm³/mol. The molecule has 9 nitrogen and oxygen atoms in total. The topological polar surface area (TPSA) is 116 Å². The summed E-state index contributed by atoms with van der Waals surface area (Å²) < 4.78 is 6.53. The van der Waals surface area contributed by atoms with Gasteiger partial charge in [-0.15, -0.1) is 11.3 Å². The number of non-ortho nitro benzene ring substituents is 1. The maximum atomic E-state index is 13.1. The number of fused-ring (bicyclic) bond motifs is 1. The Bertz CT molecular complexity index is 1360. The quantitative estimate of drug-likeness (QED) is 0.238. The van der Waals surface area contributed by atoms with Gasteiger partial charge in [0.15, 0.2) is 10.8 Å². The van der Waals surface area contributed by atoms with Crippen molar-refractivity contribution in [2.45, 2.75) is 6.92 Å². The molecule has 0 saturated heterocycles. The van der Waals surface area contributed by atoms with Gasteiger partial charge in [-0.1, -0.05) is 29.8 Å². The minimum atomic E-state index is -0.573. The molecule has 162 valence electrons. The number of hydrogen-bond donors (Lipinski definition) is 1. The molecule has 4 rings (SSSR count). The first kappa shape index (κ1) is 21.5. The van der Waals surface area contributed by atoms with Crippen molar-refractivity contribution in [2.75, 3.05) is 11.9 Å². The number of rotatable bonds is 6. The molecule has 4 aromatic rings. The number of nitrogens with one attached hydrogen (secondary N) is 1. The van der Waals surface area contributed by atoms with Crippen LogP contribution in [0.25, 0.3) is 16.6 Å². The number of thiazole rings is 1. The highest BCUT2D eigenvalue weighted by Crippen LogP contribution is 2.32. The van der Waals surface area contributed by atoms with Crippen molar-refractivity contribution < 1.29 is 19.2 Å². The Kier molecular flexibility index (Phi) is 5.89. The molecule has 0 aliphatic heterocycles. The number of nitrogens with zero attached hydrogens (tertiary/aromatic N) is 3. The van der Waals surface area contributed by atoms with Crippen molar-refractivity contribution in [2.24, 2.45) is 0 Å². The van der Waals surface area contributed by atoms with E-state index >= 15 is 0 Å². The van der Waals surface area contributed by atoms with Gasteiger partial charge in [0.2, 0.25) is 0 Å². The summed E-state index contributed by atoms with van der Waals surface area (Å²) in [4.78, 5) is 39.6. The molecule has 0 unspecified atom stereocenters. The molecule has 1 amide bonds. The van der Waals surface area contributed by atoms with Crippen LogP contribution in [0.15, 0.2) is 53.9 Å². The molecule has 2 aromatic carbocycles. The van der Waals surface area contributed by atoms with Crippen LogP contribution in [0.3, 0.4) is 0 Å². The van der Waals surface area contributed by atoms with Crippen molar-refractivity contribution in [3.05, 3.63) is 80.4 Å². The normalized spacial score (nSPS) is 10.8. The van der Waals surface area contributed by atoms with E-state index in [-0.39, 0.29) is 33.8 Å². The smallest absolute Gasteiger partial charge is 0.357 e. The number of ether oxygens (including phenoxy) is 1. The van der Waals surface area contributed by atoms with Gasteiger partial charge in [-0.3, -0.25) is 20.2 Å². The van der Waals surface area contributed by atoms with E-state index < -0.39 is 16.8 Å². The summed E-state index contributed by atoms with van der Waals surface area (Å²) in [6.45, 7) is 1.91. The van der Waals surface area contributed by atoms with E-state index in [2.05, 4.69) is 10.3 Å². The molecule has 0 radical (unpaired) electrons. The number of carbonyl (C=O) groups is 2. The first-order chi connectivity index (χ1) is 15.4. The standard InChI is InChI=1S/C21H15ClN4O5S/c1-2-31-20(28)15-11-32-21(23-15)24-19(27)18-9-12-5-3-4-6-16(12)25(18)17-8-7-13(26(29)30)10-14(17)22/h3-11H,2H2,1H3,(H,23,24,27). The number of anilines is 1. The van der Waals surface area contributed by atoms with Crippen LogP contribution in [0.4, 0.5) is 10.8 Å². The molecule has 1 N–H and O–H groups in total. The summed E-state index contributed by atoms with van der Waals surface area (Å²) in [7, 11) is 0. The molecule has 2 heterocycles. The monoisotopic (exact) mass is 470 g/mol. The van der Waals surface area contributed by atoms with E-state index in [1.165, 1.54) is 23.6 Å². The first-order valence-corrected chi connectivity index (χ1v) is 10.6. The maximum absolute atomic E-state index is 13.1. The van der Waals surface area contributed by atoms with Gasteiger partial charge in [-0.2, -0.15) is 0 Å². The number of esters is 1. The lowest BCUT2D eigenvalue weighted by atomic mass is 10.2. The molecular formula is C21H15ClN4O5S. The van der Waals surface area contributed by atoms with Gasteiger partial charge in [0.1, 0.15) is 5.69 Å². The van der Waals surface area contributed by atoms with Crippen molar-refractivity contribution in [1.29, 1.82) is 0 Å². The Morgan fingerprint density at radius 1 is 1.25 bits per heavy atom. The van der Waals surface area contributed by atoms with Crippen LogP contribution >= 0.6 is 22.9 Å². The highest BCUT2D eigenvalue weighted by Gasteiger charge is 2.21. The Morgan fingerprint density at radius 2 is 2.03 bits per heavy atom. The van der Waals surface area contributed by atoms with Crippen LogP contribution in [0, 0.1) is 10.1 Å². The van der Waals surface area contributed by atoms with Crippen LogP contribution < -0.4 is 5.32 Å². The van der Waals surface area contributed by atoms with Crippen molar-refractivity contribution in [3.63, 3.8) is 0 Å². The van der Waals surface area contributed by atoms with Crippen LogP contribution in [0.5, 0.6) is 0 Å². The largest absolute Gasteiger partial charge is 0.461 e. The number of para-hydroxylation sites is 1. The van der Waals surface area contributed by atoms with E-state index in [9.17, 15) is 19.7 Å². The fourth-order valence-corrected chi connectivity index (χ4v) is 4.10. The predicted octanol–water partition coefficient (Wildman–Crippen LogP) is 5.08. The molecule has 0 saturated carbocycles. The number of halogens is 1. The van der Waals surface area contributed by atoms with E-state index in [1.807, 2.05) is 24.3 Å². The zero-order chi connectivity index (χ0) is 22.8. The van der Waals surface area contributed by atoms with Crippen molar-refractivity contribution >= 4 is 56.5 Å². The van der Waals surface area contributed by atoms with Crippen LogP contribution in [0.2, 0.25) is 5.02 Å². The molecular weight excluding hydrogens is 456 g/mol. The number of benzene rings is 2. The third-order valence-corrected chi connectivity index (χ3v) is 5.60. The third kappa shape index (κ3) is 4.05. The fraction of sp³-hybridized carbons (Fsp3) is 0.0952. The summed E-state index contributed by atoms with van der Waals surface area (Å²) in [5.41, 5.74) is 1.30. The SMILES string of the molecule is CCOC(=O)c1csc(NC(=O)c2cc3ccccc3n2-c2ccc([N+](=O)[O-])cc2Cl)n1. The van der Waals surface area contributed by atoms with E-state index in [0.717, 1.165) is 16.7 Å². The lowest BCUT2D eigenvalue weighted by Gasteiger charge is -2.12. The zero-order valence-corrected chi connectivity index (χ0v) is 18.1. The summed E-state index contributed by atoms with van der Waals surface area (Å²) in [6, 6.07) is 13.0. The van der Waals surface area contributed by atoms with E-state index in [4.69, 9.17) is 16.3 Å². The van der Waals surface area contributed by atoms with E-state index in [1.54, 1.807) is 17.6 Å². The first-order valence-electron chi connectivity index (χ1n) is 9.38. The summed E-state index contributed by atoms with van der Waals surface area (Å²) in [5, 5.41) is 16.4. The average Bonchev–Trinajstić information content (AvgIpc) is 3.38. The second kappa shape index (κ2) is 8.77. The average molecular weight is 471 g/mol. The molecule has 0 atom stereocenters. The molecule has 0 spiro atoms. The van der Waals surface area contributed by atoms with Gasteiger partial charge in [0.05, 0.1) is 27.8 Å².